The highest BCUT2D eigenvalue weighted by atomic mass is 32.1. The first kappa shape index (κ1) is 47.6. The van der Waals surface area contributed by atoms with Crippen LogP contribution in [0.25, 0.3) is 92.9 Å². The molecule has 0 amide bonds. The number of para-hydroxylation sites is 3. The second kappa shape index (κ2) is 17.2. The van der Waals surface area contributed by atoms with Crippen molar-refractivity contribution in [2.45, 2.75) is 71.6 Å². The van der Waals surface area contributed by atoms with Gasteiger partial charge in [0.25, 0.3) is 0 Å². The van der Waals surface area contributed by atoms with Crippen molar-refractivity contribution in [2.24, 2.45) is 0 Å². The number of nitrogens with zero attached hydrogens (tertiary/aromatic N) is 2. The summed E-state index contributed by atoms with van der Waals surface area (Å²) >= 11 is 1.89. The van der Waals surface area contributed by atoms with E-state index in [-0.39, 0.29) is 16.2 Å². The molecule has 1 radical (unpaired) electrons. The van der Waals surface area contributed by atoms with Crippen molar-refractivity contribution in [1.82, 2.24) is 4.57 Å². The Labute approximate surface area is 466 Å². The summed E-state index contributed by atoms with van der Waals surface area (Å²) in [5, 5.41) is 9.96. The normalized spacial score (nSPS) is 13.5. The predicted octanol–water partition coefficient (Wildman–Crippen LogP) is 19.3. The third-order valence-corrected chi connectivity index (χ3v) is 18.2. The quantitative estimate of drug-likeness (QED) is 0.162. The average molecular weight is 1040 g/mol. The van der Waals surface area contributed by atoms with Crippen molar-refractivity contribution in [1.29, 1.82) is 0 Å². The van der Waals surface area contributed by atoms with E-state index in [1.54, 1.807) is 0 Å². The zero-order valence-corrected chi connectivity index (χ0v) is 46.7. The highest BCUT2D eigenvalue weighted by molar-refractivity contribution is 7.29. The van der Waals surface area contributed by atoms with Crippen LogP contribution in [0.4, 0.5) is 28.4 Å². The van der Waals surface area contributed by atoms with Gasteiger partial charge in [-0.2, -0.15) is 0 Å². The van der Waals surface area contributed by atoms with Crippen LogP contribution in [0.15, 0.2) is 211 Å². The van der Waals surface area contributed by atoms with Gasteiger partial charge in [0.2, 0.25) is 7.28 Å². The smallest absolute Gasteiger partial charge is 0.211 e. The molecule has 0 saturated carbocycles. The lowest BCUT2D eigenvalue weighted by Crippen LogP contribution is -2.35. The molecule has 381 valence electrons. The lowest BCUT2D eigenvalue weighted by atomic mass is 9.62. The highest BCUT2D eigenvalue weighted by Crippen LogP contribution is 2.55. The molecule has 0 atom stereocenters. The van der Waals surface area contributed by atoms with Crippen molar-refractivity contribution in [3.63, 3.8) is 0 Å². The largest absolute Gasteiger partial charge is 0.455 e. The molecule has 1 N–H and O–H groups in total. The van der Waals surface area contributed by atoms with Crippen molar-refractivity contribution in [3.05, 3.63) is 229 Å². The van der Waals surface area contributed by atoms with Crippen LogP contribution in [0.1, 0.15) is 77.6 Å². The first-order valence-electron chi connectivity index (χ1n) is 27.7. The monoisotopic (exact) mass is 1040 g/mol. The number of hydrogen-bond donors (Lipinski definition) is 1. The van der Waals surface area contributed by atoms with Crippen LogP contribution in [0.5, 0.6) is 0 Å². The van der Waals surface area contributed by atoms with Crippen LogP contribution in [0, 0.1) is 0 Å². The minimum atomic E-state index is -0.339. The molecule has 2 aliphatic rings. The fourth-order valence-corrected chi connectivity index (χ4v) is 14.1. The zero-order valence-electron chi connectivity index (χ0n) is 45.9. The van der Waals surface area contributed by atoms with E-state index in [2.05, 4.69) is 284 Å². The molecule has 1 aliphatic heterocycles. The van der Waals surface area contributed by atoms with Crippen molar-refractivity contribution < 1.29 is 4.42 Å². The highest BCUT2D eigenvalue weighted by Gasteiger charge is 2.39. The Morgan fingerprint density at radius 3 is 1.90 bits per heavy atom. The van der Waals surface area contributed by atoms with Crippen molar-refractivity contribution in [2.75, 3.05) is 10.2 Å². The molecule has 0 saturated heterocycles. The fourth-order valence-electron chi connectivity index (χ4n) is 13.0. The lowest BCUT2D eigenvalue weighted by Gasteiger charge is -2.28. The number of aromatic nitrogens is 1. The molecule has 6 heteroatoms. The third-order valence-electron chi connectivity index (χ3n) is 17.1. The van der Waals surface area contributed by atoms with Gasteiger partial charge in [0, 0.05) is 65.7 Å². The molecule has 4 heterocycles. The molecule has 0 bridgehead atoms. The molecule has 0 spiro atoms. The van der Waals surface area contributed by atoms with E-state index in [4.69, 9.17) is 4.42 Å². The number of benzene rings is 10. The van der Waals surface area contributed by atoms with E-state index in [1.807, 2.05) is 11.3 Å². The molecule has 13 aromatic rings. The molecule has 1 aliphatic carbocycles. The fraction of sp³-hybridized carbons (Fsp3) is 0.151. The summed E-state index contributed by atoms with van der Waals surface area (Å²) in [6.45, 7) is 18.6. The first-order chi connectivity index (χ1) is 38.2. The van der Waals surface area contributed by atoms with Gasteiger partial charge in [-0.05, 0) is 162 Å². The number of rotatable bonds is 7. The third kappa shape index (κ3) is 7.34. The van der Waals surface area contributed by atoms with Crippen LogP contribution in [-0.2, 0) is 16.2 Å². The summed E-state index contributed by atoms with van der Waals surface area (Å²) in [5.74, 6) is 0. The Bertz CT molecular complexity index is 4590. The van der Waals surface area contributed by atoms with Gasteiger partial charge in [-0.3, -0.25) is 0 Å². The lowest BCUT2D eigenvalue weighted by molar-refractivity contribution is 0.590. The van der Waals surface area contributed by atoms with Crippen LogP contribution >= 0.6 is 11.3 Å². The Kier molecular flexibility index (Phi) is 10.4. The van der Waals surface area contributed by atoms with Gasteiger partial charge in [-0.25, -0.2) is 0 Å². The van der Waals surface area contributed by atoms with Gasteiger partial charge in [0.05, 0.1) is 22.1 Å². The van der Waals surface area contributed by atoms with E-state index in [9.17, 15) is 0 Å². The predicted molar refractivity (Wildman–Crippen MR) is 339 cm³/mol. The van der Waals surface area contributed by atoms with E-state index >= 15 is 0 Å². The number of nitrogens with one attached hydrogen (secondary N) is 1. The van der Waals surface area contributed by atoms with E-state index < -0.39 is 0 Å². The summed E-state index contributed by atoms with van der Waals surface area (Å²) in [7, 11) is 2.52. The Morgan fingerprint density at radius 2 is 1.19 bits per heavy atom. The molecule has 0 fully saturated rings. The average Bonchev–Trinajstić information content (AvgIpc) is 2.68. The van der Waals surface area contributed by atoms with Gasteiger partial charge < -0.3 is 19.2 Å². The maximum absolute atomic E-state index is 7.38. The van der Waals surface area contributed by atoms with E-state index in [0.717, 1.165) is 61.3 Å². The SMILES string of the molecule is CC(C)(C)c1ccc(Nc2cc3c(cc2-c2c4c5c(c6cc(C(C)(C)C)ccc6n5-c5c(sc6ccc(-c7ccccc7)cc56)[B]4)c4oc5ccccc5c24)-c2ccc(N(c4ccccc4)c4ccccc4)cc2C3(C)C)cc1. The van der Waals surface area contributed by atoms with Crippen LogP contribution in [0.3, 0.4) is 0 Å². The van der Waals surface area contributed by atoms with Crippen LogP contribution < -0.4 is 20.5 Å². The minimum Gasteiger partial charge on any atom is -0.455 e. The van der Waals surface area contributed by atoms with Crippen molar-refractivity contribution >= 4 is 111 Å². The molecule has 0 unspecified atom stereocenters. The summed E-state index contributed by atoms with van der Waals surface area (Å²) in [6.07, 6.45) is 0. The summed E-state index contributed by atoms with van der Waals surface area (Å²) in [6, 6.07) is 76.4. The second-order valence-corrected chi connectivity index (χ2v) is 25.5. The standard InChI is InChI=1S/C73H59BN3OS/c1-71(2,3)45-29-32-47(33-30-45)75-59-42-58-53(51-35-34-50(40-57(51)73(58,7)8)76(48-22-14-10-15-23-48)49-24-16-11-17-25-49)41-54(59)63-64-52-26-18-19-27-61(52)78-69(64)65-55-39-46(72(4,5)6)31-36-60(55)77-67-56-38-44(43-20-12-9-13-21-43)28-37-62(56)79-70(67)74-66(63)68(65)77/h9-42,75H,1-8H3. The summed E-state index contributed by atoms with van der Waals surface area (Å²) in [4.78, 5) is 2.38. The van der Waals surface area contributed by atoms with E-state index in [0.29, 0.717) is 0 Å². The van der Waals surface area contributed by atoms with Crippen LogP contribution in [0.2, 0.25) is 0 Å². The van der Waals surface area contributed by atoms with Gasteiger partial charge in [-0.15, -0.1) is 11.3 Å². The van der Waals surface area contributed by atoms with Crippen molar-refractivity contribution in [3.8, 4) is 39.1 Å². The van der Waals surface area contributed by atoms with Gasteiger partial charge in [-0.1, -0.05) is 171 Å². The molecular weight excluding hydrogens is 978 g/mol. The minimum absolute atomic E-state index is 0.0189. The first-order valence-corrected chi connectivity index (χ1v) is 28.6. The molecule has 79 heavy (non-hydrogen) atoms. The summed E-state index contributed by atoms with van der Waals surface area (Å²) in [5.41, 5.74) is 24.1. The molecule has 15 rings (SSSR count). The number of thiophene rings is 1. The van der Waals surface area contributed by atoms with Gasteiger partial charge >= 0.3 is 0 Å². The van der Waals surface area contributed by atoms with Gasteiger partial charge in [0.1, 0.15) is 11.2 Å². The summed E-state index contributed by atoms with van der Waals surface area (Å²) < 4.78 is 12.5. The second-order valence-electron chi connectivity index (χ2n) is 24.4. The Morgan fingerprint density at radius 1 is 0.532 bits per heavy atom. The van der Waals surface area contributed by atoms with Gasteiger partial charge in [0.15, 0.2) is 0 Å². The number of anilines is 5. The Balaban J connectivity index is 1.04. The number of hydrogen-bond acceptors (Lipinski definition) is 4. The van der Waals surface area contributed by atoms with Crippen LogP contribution in [-0.4, -0.2) is 11.8 Å². The molecule has 4 nitrogen and oxygen atoms in total. The maximum Gasteiger partial charge on any atom is 0.211 e. The Hall–Kier alpha value is -8.58. The molecule has 10 aromatic carbocycles. The number of fused-ring (bicyclic) bond motifs is 14. The number of furan rings is 1. The molecular formula is C73H59BN3OS. The van der Waals surface area contributed by atoms with E-state index in [1.165, 1.54) is 92.5 Å². The topological polar surface area (TPSA) is 33.3 Å². The maximum atomic E-state index is 7.38. The zero-order chi connectivity index (χ0) is 53.7. The molecule has 3 aromatic heterocycles.